The molecule has 2 aliphatic heterocycles. The Bertz CT molecular complexity index is 952. The van der Waals surface area contributed by atoms with E-state index in [1.807, 2.05) is 13.0 Å². The van der Waals surface area contributed by atoms with Crippen LogP contribution in [0.3, 0.4) is 0 Å². The van der Waals surface area contributed by atoms with Gasteiger partial charge < -0.3 is 24.8 Å². The normalized spacial score (nSPS) is 18.3. The van der Waals surface area contributed by atoms with Crippen LogP contribution in [0, 0.1) is 6.92 Å². The van der Waals surface area contributed by atoms with Crippen molar-refractivity contribution in [1.82, 2.24) is 20.1 Å². The molecule has 0 unspecified atom stereocenters. The Labute approximate surface area is 181 Å². The number of benzene rings is 1. The highest BCUT2D eigenvalue weighted by molar-refractivity contribution is 5.73. The number of fused-ring (bicyclic) bond motifs is 1. The summed E-state index contributed by atoms with van der Waals surface area (Å²) < 4.78 is 10.2. The standard InChI is InChI=1S/C22H29N5O4/c1-14-20(17-7-8-18-16(21(17)29)9-12-31-18)25-26-22(23-14)24-15-5-3-10-27(13-15)11-4-6-19(28)30-2/h7-8,15,29H,3-6,9-13H2,1-2H3,(H,23,24,26)/t15-/m1/s1. The van der Waals surface area contributed by atoms with Gasteiger partial charge in [0.15, 0.2) is 0 Å². The second-order valence-corrected chi connectivity index (χ2v) is 8.07. The molecule has 3 heterocycles. The smallest absolute Gasteiger partial charge is 0.305 e. The zero-order valence-electron chi connectivity index (χ0n) is 18.1. The number of nitrogens with one attached hydrogen (secondary N) is 1. The van der Waals surface area contributed by atoms with Crippen LogP contribution in [0.25, 0.3) is 11.3 Å². The summed E-state index contributed by atoms with van der Waals surface area (Å²) >= 11 is 0. The van der Waals surface area contributed by atoms with E-state index in [-0.39, 0.29) is 17.8 Å². The molecular formula is C22H29N5O4. The summed E-state index contributed by atoms with van der Waals surface area (Å²) in [5.41, 5.74) is 2.72. The van der Waals surface area contributed by atoms with Crippen LogP contribution >= 0.6 is 0 Å². The molecular weight excluding hydrogens is 398 g/mol. The van der Waals surface area contributed by atoms with Crippen LogP contribution in [0.4, 0.5) is 5.95 Å². The van der Waals surface area contributed by atoms with Crippen LogP contribution in [-0.4, -0.2) is 70.5 Å². The zero-order valence-corrected chi connectivity index (χ0v) is 18.1. The summed E-state index contributed by atoms with van der Waals surface area (Å²) in [4.78, 5) is 18.2. The minimum Gasteiger partial charge on any atom is -0.507 e. The third-order valence-corrected chi connectivity index (χ3v) is 5.89. The lowest BCUT2D eigenvalue weighted by atomic mass is 10.0. The Morgan fingerprint density at radius 1 is 1.39 bits per heavy atom. The number of likely N-dealkylation sites (tertiary alicyclic amines) is 1. The van der Waals surface area contributed by atoms with E-state index in [2.05, 4.69) is 25.4 Å². The van der Waals surface area contributed by atoms with Crippen molar-refractivity contribution in [3.05, 3.63) is 23.4 Å². The van der Waals surface area contributed by atoms with E-state index < -0.39 is 0 Å². The van der Waals surface area contributed by atoms with Crippen molar-refractivity contribution in [3.8, 4) is 22.8 Å². The molecule has 0 aliphatic carbocycles. The first kappa shape index (κ1) is 21.3. The first-order valence-electron chi connectivity index (χ1n) is 10.8. The minimum absolute atomic E-state index is 0.163. The number of ether oxygens (including phenoxy) is 2. The molecule has 2 N–H and O–H groups in total. The molecule has 0 radical (unpaired) electrons. The van der Waals surface area contributed by atoms with Gasteiger partial charge in [-0.15, -0.1) is 10.2 Å². The number of phenols is 1. The van der Waals surface area contributed by atoms with E-state index >= 15 is 0 Å². The van der Waals surface area contributed by atoms with Crippen molar-refractivity contribution in [2.75, 3.05) is 38.7 Å². The van der Waals surface area contributed by atoms with Gasteiger partial charge in [0.2, 0.25) is 5.95 Å². The second-order valence-electron chi connectivity index (χ2n) is 8.07. The van der Waals surface area contributed by atoms with Gasteiger partial charge in [0.25, 0.3) is 0 Å². The molecule has 1 atom stereocenters. The SMILES string of the molecule is COC(=O)CCCN1CCC[C@@H](Nc2nnc(-c3ccc4c(c3O)CCO4)c(C)n2)C1. The van der Waals surface area contributed by atoms with E-state index in [1.165, 1.54) is 7.11 Å². The number of anilines is 1. The van der Waals surface area contributed by atoms with E-state index in [9.17, 15) is 9.90 Å². The molecule has 1 aromatic carbocycles. The molecule has 0 amide bonds. The third-order valence-electron chi connectivity index (χ3n) is 5.89. The molecule has 0 spiro atoms. The summed E-state index contributed by atoms with van der Waals surface area (Å²) in [7, 11) is 1.42. The Hall–Kier alpha value is -2.94. The van der Waals surface area contributed by atoms with Crippen LogP contribution in [0.1, 0.15) is 36.9 Å². The molecule has 31 heavy (non-hydrogen) atoms. The number of hydrogen-bond acceptors (Lipinski definition) is 9. The maximum absolute atomic E-state index is 11.3. The molecule has 2 aliphatic rings. The summed E-state index contributed by atoms with van der Waals surface area (Å²) in [5, 5.41) is 22.7. The number of carbonyl (C=O) groups excluding carboxylic acids is 1. The van der Waals surface area contributed by atoms with Gasteiger partial charge in [0.1, 0.15) is 17.2 Å². The minimum atomic E-state index is -0.163. The van der Waals surface area contributed by atoms with Crippen molar-refractivity contribution in [2.45, 2.75) is 45.1 Å². The number of phenolic OH excluding ortho intramolecular Hbond substituents is 1. The molecule has 2 aromatic rings. The number of aromatic hydroxyl groups is 1. The Morgan fingerprint density at radius 3 is 3.06 bits per heavy atom. The van der Waals surface area contributed by atoms with Crippen molar-refractivity contribution in [3.63, 3.8) is 0 Å². The highest BCUT2D eigenvalue weighted by Crippen LogP contribution is 2.40. The van der Waals surface area contributed by atoms with Crippen LogP contribution in [0.15, 0.2) is 12.1 Å². The maximum atomic E-state index is 11.3. The predicted molar refractivity (Wildman–Crippen MR) is 115 cm³/mol. The average molecular weight is 428 g/mol. The van der Waals surface area contributed by atoms with Crippen LogP contribution in [0.5, 0.6) is 11.5 Å². The molecule has 1 aromatic heterocycles. The average Bonchev–Trinajstić information content (AvgIpc) is 3.25. The van der Waals surface area contributed by atoms with Crippen molar-refractivity contribution in [2.24, 2.45) is 0 Å². The number of esters is 1. The predicted octanol–water partition coefficient (Wildman–Crippen LogP) is 2.32. The lowest BCUT2D eigenvalue weighted by Gasteiger charge is -2.33. The highest BCUT2D eigenvalue weighted by Gasteiger charge is 2.23. The molecule has 9 heteroatoms. The van der Waals surface area contributed by atoms with E-state index in [4.69, 9.17) is 9.47 Å². The Kier molecular flexibility index (Phi) is 6.50. The maximum Gasteiger partial charge on any atom is 0.305 e. The van der Waals surface area contributed by atoms with Crippen LogP contribution in [-0.2, 0) is 16.0 Å². The molecule has 0 bridgehead atoms. The molecule has 1 saturated heterocycles. The fraction of sp³-hybridized carbons (Fsp3) is 0.545. The molecule has 1 fully saturated rings. The Morgan fingerprint density at radius 2 is 2.26 bits per heavy atom. The summed E-state index contributed by atoms with van der Waals surface area (Å²) in [6.07, 6.45) is 4.03. The van der Waals surface area contributed by atoms with Gasteiger partial charge in [-0.05, 0) is 51.4 Å². The molecule has 4 rings (SSSR count). The van der Waals surface area contributed by atoms with Crippen molar-refractivity contribution >= 4 is 11.9 Å². The third kappa shape index (κ3) is 4.87. The summed E-state index contributed by atoms with van der Waals surface area (Å²) in [6.45, 7) is 5.22. The number of aryl methyl sites for hydroxylation is 1. The Balaban J connectivity index is 1.39. The quantitative estimate of drug-likeness (QED) is 0.643. The number of piperidine rings is 1. The summed E-state index contributed by atoms with van der Waals surface area (Å²) in [5.74, 6) is 1.26. The number of rotatable bonds is 7. The van der Waals surface area contributed by atoms with Gasteiger partial charge >= 0.3 is 5.97 Å². The van der Waals surface area contributed by atoms with Gasteiger partial charge in [0.05, 0.1) is 19.4 Å². The first-order chi connectivity index (χ1) is 15.0. The number of aromatic nitrogens is 3. The lowest BCUT2D eigenvalue weighted by Crippen LogP contribution is -2.42. The van der Waals surface area contributed by atoms with Gasteiger partial charge in [-0.25, -0.2) is 4.98 Å². The van der Waals surface area contributed by atoms with Crippen molar-refractivity contribution in [1.29, 1.82) is 0 Å². The molecule has 9 nitrogen and oxygen atoms in total. The lowest BCUT2D eigenvalue weighted by molar-refractivity contribution is -0.140. The van der Waals surface area contributed by atoms with Crippen molar-refractivity contribution < 1.29 is 19.4 Å². The van der Waals surface area contributed by atoms with Gasteiger partial charge in [-0.3, -0.25) is 4.79 Å². The van der Waals surface area contributed by atoms with E-state index in [0.29, 0.717) is 42.3 Å². The van der Waals surface area contributed by atoms with Gasteiger partial charge in [-0.1, -0.05) is 0 Å². The monoisotopic (exact) mass is 427 g/mol. The fourth-order valence-corrected chi connectivity index (χ4v) is 4.27. The number of carbonyl (C=O) groups is 1. The van der Waals surface area contributed by atoms with E-state index in [1.54, 1.807) is 6.07 Å². The van der Waals surface area contributed by atoms with Crippen LogP contribution in [0.2, 0.25) is 0 Å². The first-order valence-corrected chi connectivity index (χ1v) is 10.8. The summed E-state index contributed by atoms with van der Waals surface area (Å²) in [6, 6.07) is 3.89. The van der Waals surface area contributed by atoms with Crippen LogP contribution < -0.4 is 10.1 Å². The number of nitrogens with zero attached hydrogens (tertiary/aromatic N) is 4. The molecule has 0 saturated carbocycles. The fourth-order valence-electron chi connectivity index (χ4n) is 4.27. The number of hydrogen-bond donors (Lipinski definition) is 2. The number of methoxy groups -OCH3 is 1. The highest BCUT2D eigenvalue weighted by atomic mass is 16.5. The van der Waals surface area contributed by atoms with Gasteiger partial charge in [0, 0.05) is 36.6 Å². The largest absolute Gasteiger partial charge is 0.507 e. The molecule has 166 valence electrons. The van der Waals surface area contributed by atoms with E-state index in [0.717, 1.165) is 50.2 Å². The zero-order chi connectivity index (χ0) is 21.8. The topological polar surface area (TPSA) is 110 Å². The van der Waals surface area contributed by atoms with Gasteiger partial charge in [-0.2, -0.15) is 0 Å². The second kappa shape index (κ2) is 9.47.